The fourth-order valence-electron chi connectivity index (χ4n) is 0.874. The van der Waals surface area contributed by atoms with E-state index in [0.717, 1.165) is 12.1 Å². The van der Waals surface area contributed by atoms with Gasteiger partial charge >= 0.3 is 0 Å². The SMILES string of the molecule is NC(=S)CCOc1c(F)cccc1F. The molecule has 14 heavy (non-hydrogen) atoms. The third-order valence-corrected chi connectivity index (χ3v) is 1.72. The van der Waals surface area contributed by atoms with Crippen LogP contribution in [0.1, 0.15) is 6.42 Å². The number of para-hydroxylation sites is 1. The van der Waals surface area contributed by atoms with Gasteiger partial charge in [-0.25, -0.2) is 8.78 Å². The summed E-state index contributed by atoms with van der Waals surface area (Å²) in [6, 6.07) is 3.52. The second kappa shape index (κ2) is 4.85. The summed E-state index contributed by atoms with van der Waals surface area (Å²) in [5, 5.41) is 0. The van der Waals surface area contributed by atoms with E-state index in [1.807, 2.05) is 0 Å². The smallest absolute Gasteiger partial charge is 0.190 e. The predicted molar refractivity (Wildman–Crippen MR) is 53.3 cm³/mol. The molecule has 0 bridgehead atoms. The van der Waals surface area contributed by atoms with Crippen molar-refractivity contribution >= 4 is 17.2 Å². The zero-order valence-corrected chi connectivity index (χ0v) is 8.11. The summed E-state index contributed by atoms with van der Waals surface area (Å²) in [5.41, 5.74) is 5.20. The van der Waals surface area contributed by atoms with Crippen LogP contribution in [-0.4, -0.2) is 11.6 Å². The van der Waals surface area contributed by atoms with Crippen LogP contribution in [-0.2, 0) is 0 Å². The zero-order valence-electron chi connectivity index (χ0n) is 7.30. The Morgan fingerprint density at radius 3 is 2.43 bits per heavy atom. The molecule has 0 saturated carbocycles. The van der Waals surface area contributed by atoms with E-state index in [4.69, 9.17) is 10.5 Å². The van der Waals surface area contributed by atoms with Gasteiger partial charge in [0, 0.05) is 6.42 Å². The molecule has 0 fully saturated rings. The molecular weight excluding hydrogens is 208 g/mol. The molecule has 0 aromatic heterocycles. The molecule has 0 radical (unpaired) electrons. The fraction of sp³-hybridized carbons (Fsp3) is 0.222. The third-order valence-electron chi connectivity index (χ3n) is 1.51. The largest absolute Gasteiger partial charge is 0.487 e. The molecule has 0 aliphatic carbocycles. The molecule has 0 saturated heterocycles. The van der Waals surface area contributed by atoms with Crippen molar-refractivity contribution in [2.24, 2.45) is 5.73 Å². The topological polar surface area (TPSA) is 35.2 Å². The van der Waals surface area contributed by atoms with Gasteiger partial charge in [0.25, 0.3) is 0 Å². The second-order valence-corrected chi connectivity index (χ2v) is 3.14. The van der Waals surface area contributed by atoms with Crippen LogP contribution in [0.3, 0.4) is 0 Å². The number of ether oxygens (including phenoxy) is 1. The quantitative estimate of drug-likeness (QED) is 0.784. The lowest BCUT2D eigenvalue weighted by Gasteiger charge is -2.06. The zero-order chi connectivity index (χ0) is 10.6. The van der Waals surface area contributed by atoms with Gasteiger partial charge < -0.3 is 10.5 Å². The molecule has 2 nitrogen and oxygen atoms in total. The molecule has 2 N–H and O–H groups in total. The van der Waals surface area contributed by atoms with Crippen molar-refractivity contribution in [2.75, 3.05) is 6.61 Å². The first kappa shape index (κ1) is 10.8. The number of hydrogen-bond donors (Lipinski definition) is 1. The van der Waals surface area contributed by atoms with Gasteiger partial charge in [0.1, 0.15) is 0 Å². The van der Waals surface area contributed by atoms with Crippen LogP contribution in [0.25, 0.3) is 0 Å². The first-order valence-electron chi connectivity index (χ1n) is 3.96. The second-order valence-electron chi connectivity index (χ2n) is 2.62. The molecular formula is C9H9F2NOS. The summed E-state index contributed by atoms with van der Waals surface area (Å²) in [6.45, 7) is 0.0766. The fourth-order valence-corrected chi connectivity index (χ4v) is 0.957. The van der Waals surface area contributed by atoms with E-state index in [0.29, 0.717) is 6.42 Å². The van der Waals surface area contributed by atoms with E-state index >= 15 is 0 Å². The van der Waals surface area contributed by atoms with Gasteiger partial charge in [0.2, 0.25) is 0 Å². The minimum Gasteiger partial charge on any atom is -0.487 e. The normalized spacial score (nSPS) is 9.86. The van der Waals surface area contributed by atoms with E-state index in [2.05, 4.69) is 12.2 Å². The van der Waals surface area contributed by atoms with Gasteiger partial charge in [0.05, 0.1) is 11.6 Å². The molecule has 0 unspecified atom stereocenters. The average molecular weight is 217 g/mol. The Morgan fingerprint density at radius 1 is 1.36 bits per heavy atom. The lowest BCUT2D eigenvalue weighted by Crippen LogP contribution is -2.13. The summed E-state index contributed by atoms with van der Waals surface area (Å²) in [7, 11) is 0. The van der Waals surface area contributed by atoms with E-state index < -0.39 is 11.6 Å². The molecule has 0 aliphatic heterocycles. The maximum atomic E-state index is 12.9. The first-order chi connectivity index (χ1) is 6.61. The van der Waals surface area contributed by atoms with Crippen molar-refractivity contribution in [2.45, 2.75) is 6.42 Å². The number of hydrogen-bond acceptors (Lipinski definition) is 2. The number of thiocarbonyl (C=S) groups is 1. The molecule has 1 rings (SSSR count). The Kier molecular flexibility index (Phi) is 3.76. The third kappa shape index (κ3) is 2.92. The average Bonchev–Trinajstić information content (AvgIpc) is 2.09. The van der Waals surface area contributed by atoms with Crippen molar-refractivity contribution < 1.29 is 13.5 Å². The van der Waals surface area contributed by atoms with Crippen LogP contribution >= 0.6 is 12.2 Å². The Hall–Kier alpha value is -1.23. The summed E-state index contributed by atoms with van der Waals surface area (Å²) in [4.78, 5) is 0.252. The van der Waals surface area contributed by atoms with E-state index in [9.17, 15) is 8.78 Å². The van der Waals surface area contributed by atoms with Gasteiger partial charge in [0.15, 0.2) is 17.4 Å². The predicted octanol–water partition coefficient (Wildman–Crippen LogP) is 2.02. The van der Waals surface area contributed by atoms with Gasteiger partial charge in [-0.05, 0) is 12.1 Å². The van der Waals surface area contributed by atoms with Crippen molar-refractivity contribution in [3.63, 3.8) is 0 Å². The number of rotatable bonds is 4. The van der Waals surface area contributed by atoms with Crippen LogP contribution in [0.15, 0.2) is 18.2 Å². The maximum Gasteiger partial charge on any atom is 0.190 e. The summed E-state index contributed by atoms with van der Waals surface area (Å²) >= 11 is 4.59. The van der Waals surface area contributed by atoms with Crippen molar-refractivity contribution in [1.82, 2.24) is 0 Å². The molecule has 0 aliphatic rings. The molecule has 0 atom stereocenters. The van der Waals surface area contributed by atoms with Crippen LogP contribution < -0.4 is 10.5 Å². The van der Waals surface area contributed by atoms with Crippen molar-refractivity contribution in [3.8, 4) is 5.75 Å². The molecule has 1 aromatic carbocycles. The van der Waals surface area contributed by atoms with E-state index in [-0.39, 0.29) is 17.3 Å². The molecule has 0 spiro atoms. The van der Waals surface area contributed by atoms with Gasteiger partial charge in [-0.15, -0.1) is 0 Å². The Bertz CT molecular complexity index is 323. The minimum atomic E-state index is -0.729. The van der Waals surface area contributed by atoms with Crippen LogP contribution in [0, 0.1) is 11.6 Å². The highest BCUT2D eigenvalue weighted by Crippen LogP contribution is 2.20. The summed E-state index contributed by atoms with van der Waals surface area (Å²) in [6.07, 6.45) is 0.295. The molecule has 5 heteroatoms. The van der Waals surface area contributed by atoms with Crippen LogP contribution in [0.4, 0.5) is 8.78 Å². The molecule has 0 amide bonds. The van der Waals surface area contributed by atoms with Gasteiger partial charge in [-0.1, -0.05) is 18.3 Å². The monoisotopic (exact) mass is 217 g/mol. The Morgan fingerprint density at radius 2 is 1.93 bits per heavy atom. The lowest BCUT2D eigenvalue weighted by molar-refractivity contribution is 0.294. The number of halogens is 2. The van der Waals surface area contributed by atoms with Crippen LogP contribution in [0.5, 0.6) is 5.75 Å². The van der Waals surface area contributed by atoms with E-state index in [1.165, 1.54) is 6.07 Å². The molecule has 1 aromatic rings. The first-order valence-corrected chi connectivity index (χ1v) is 4.37. The highest BCUT2D eigenvalue weighted by Gasteiger charge is 2.08. The van der Waals surface area contributed by atoms with Crippen molar-refractivity contribution in [1.29, 1.82) is 0 Å². The Labute approximate surface area is 85.7 Å². The molecule has 0 heterocycles. The minimum absolute atomic E-state index is 0.0766. The maximum absolute atomic E-state index is 12.9. The van der Waals surface area contributed by atoms with Gasteiger partial charge in [-0.2, -0.15) is 0 Å². The van der Waals surface area contributed by atoms with Crippen LogP contribution in [0.2, 0.25) is 0 Å². The number of benzene rings is 1. The molecule has 76 valence electrons. The van der Waals surface area contributed by atoms with E-state index in [1.54, 1.807) is 0 Å². The summed E-state index contributed by atoms with van der Waals surface area (Å²) < 4.78 is 30.8. The Balaban J connectivity index is 2.62. The number of nitrogens with two attached hydrogens (primary N) is 1. The highest BCUT2D eigenvalue weighted by molar-refractivity contribution is 7.80. The lowest BCUT2D eigenvalue weighted by atomic mass is 10.3. The highest BCUT2D eigenvalue weighted by atomic mass is 32.1. The summed E-state index contributed by atoms with van der Waals surface area (Å²) in [5.74, 6) is -1.84. The van der Waals surface area contributed by atoms with Crippen molar-refractivity contribution in [3.05, 3.63) is 29.8 Å². The van der Waals surface area contributed by atoms with Gasteiger partial charge in [-0.3, -0.25) is 0 Å². The standard InChI is InChI=1S/C9H9F2NOS/c10-6-2-1-3-7(11)9(6)13-5-4-8(12)14/h1-3H,4-5H2,(H2,12,14).